The third kappa shape index (κ3) is 4.68. The van der Waals surface area contributed by atoms with Crippen molar-refractivity contribution < 1.29 is 23.1 Å². The van der Waals surface area contributed by atoms with Crippen LogP contribution in [0.2, 0.25) is 0 Å². The third-order valence-electron chi connectivity index (χ3n) is 3.54. The van der Waals surface area contributed by atoms with Gasteiger partial charge in [-0.05, 0) is 51.3 Å². The standard InChI is InChI=1S/C16H23NO5S/c1-16(2,3)22-15(19)14-5-4-10-23(20,21)17(14)11-12-6-8-13(18)9-7-12/h6-9,14,18H,4-5,10-11H2,1-3H3/t14-/m1/s1. The molecule has 1 heterocycles. The minimum Gasteiger partial charge on any atom is -0.508 e. The molecule has 2 rings (SSSR count). The summed E-state index contributed by atoms with van der Waals surface area (Å²) in [7, 11) is -3.51. The highest BCUT2D eigenvalue weighted by Crippen LogP contribution is 2.26. The smallest absolute Gasteiger partial charge is 0.324 e. The first-order valence-corrected chi connectivity index (χ1v) is 9.20. The quantitative estimate of drug-likeness (QED) is 0.851. The number of phenolic OH excluding ortho intramolecular Hbond substituents is 1. The lowest BCUT2D eigenvalue weighted by atomic mass is 10.1. The number of benzene rings is 1. The van der Waals surface area contributed by atoms with Crippen molar-refractivity contribution in [2.24, 2.45) is 0 Å². The van der Waals surface area contributed by atoms with Crippen LogP contribution in [-0.4, -0.2) is 41.2 Å². The van der Waals surface area contributed by atoms with E-state index in [9.17, 15) is 18.3 Å². The van der Waals surface area contributed by atoms with Crippen molar-refractivity contribution in [3.05, 3.63) is 29.8 Å². The van der Waals surface area contributed by atoms with Gasteiger partial charge in [-0.2, -0.15) is 4.31 Å². The van der Waals surface area contributed by atoms with Crippen molar-refractivity contribution in [1.29, 1.82) is 0 Å². The molecule has 1 atom stereocenters. The highest BCUT2D eigenvalue weighted by molar-refractivity contribution is 7.89. The van der Waals surface area contributed by atoms with Crippen LogP contribution in [0.5, 0.6) is 5.75 Å². The van der Waals surface area contributed by atoms with Crippen LogP contribution in [0.4, 0.5) is 0 Å². The Balaban J connectivity index is 2.25. The van der Waals surface area contributed by atoms with Gasteiger partial charge in [-0.1, -0.05) is 12.1 Å². The summed E-state index contributed by atoms with van der Waals surface area (Å²) in [6, 6.07) is 5.47. The van der Waals surface area contributed by atoms with Gasteiger partial charge in [0.25, 0.3) is 0 Å². The molecule has 1 aliphatic heterocycles. The van der Waals surface area contributed by atoms with E-state index in [1.54, 1.807) is 32.9 Å². The predicted molar refractivity (Wildman–Crippen MR) is 86.3 cm³/mol. The second-order valence-corrected chi connectivity index (χ2v) is 8.76. The first-order valence-electron chi connectivity index (χ1n) is 7.59. The number of nitrogens with zero attached hydrogens (tertiary/aromatic N) is 1. The predicted octanol–water partition coefficient (Wildman–Crippen LogP) is 2.03. The molecule has 1 aromatic carbocycles. The van der Waals surface area contributed by atoms with Crippen LogP contribution in [0.25, 0.3) is 0 Å². The van der Waals surface area contributed by atoms with E-state index in [0.717, 1.165) is 0 Å². The normalized spacial score (nSPS) is 21.8. The average molecular weight is 341 g/mol. The zero-order valence-electron chi connectivity index (χ0n) is 13.7. The highest BCUT2D eigenvalue weighted by atomic mass is 32.2. The summed E-state index contributed by atoms with van der Waals surface area (Å²) < 4.78 is 31.4. The molecule has 1 aliphatic rings. The third-order valence-corrected chi connectivity index (χ3v) is 5.44. The SMILES string of the molecule is CC(C)(C)OC(=O)[C@H]1CCCS(=O)(=O)N1Cc1ccc(O)cc1. The molecule has 1 fully saturated rings. The minimum absolute atomic E-state index is 0.0321. The molecule has 6 nitrogen and oxygen atoms in total. The van der Waals surface area contributed by atoms with Gasteiger partial charge < -0.3 is 9.84 Å². The summed E-state index contributed by atoms with van der Waals surface area (Å²) in [5.74, 6) is -0.372. The number of carbonyl (C=O) groups is 1. The Morgan fingerprint density at radius 3 is 2.48 bits per heavy atom. The summed E-state index contributed by atoms with van der Waals surface area (Å²) in [6.07, 6.45) is 0.893. The van der Waals surface area contributed by atoms with Gasteiger partial charge in [-0.3, -0.25) is 4.79 Å². The molecule has 0 unspecified atom stereocenters. The first kappa shape index (κ1) is 17.7. The molecule has 0 bridgehead atoms. The van der Waals surface area contributed by atoms with Crippen LogP contribution in [-0.2, 0) is 26.1 Å². The molecule has 1 N–H and O–H groups in total. The van der Waals surface area contributed by atoms with Crippen molar-refractivity contribution in [3.63, 3.8) is 0 Å². The number of hydrogen-bond acceptors (Lipinski definition) is 5. The van der Waals surface area contributed by atoms with E-state index in [1.165, 1.54) is 16.4 Å². The Morgan fingerprint density at radius 1 is 1.30 bits per heavy atom. The number of phenols is 1. The molecule has 0 aliphatic carbocycles. The van der Waals surface area contributed by atoms with Crippen molar-refractivity contribution in [2.75, 3.05) is 5.75 Å². The highest BCUT2D eigenvalue weighted by Gasteiger charge is 2.40. The van der Waals surface area contributed by atoms with Gasteiger partial charge in [0.2, 0.25) is 10.0 Å². The van der Waals surface area contributed by atoms with Crippen LogP contribution >= 0.6 is 0 Å². The zero-order chi connectivity index (χ0) is 17.3. The van der Waals surface area contributed by atoms with Crippen molar-refractivity contribution in [3.8, 4) is 5.75 Å². The number of ether oxygens (including phenoxy) is 1. The second-order valence-electron chi connectivity index (χ2n) is 6.72. The number of esters is 1. The maximum atomic E-state index is 12.4. The molecule has 1 aromatic rings. The van der Waals surface area contributed by atoms with Crippen molar-refractivity contribution in [1.82, 2.24) is 4.31 Å². The fourth-order valence-electron chi connectivity index (χ4n) is 2.51. The monoisotopic (exact) mass is 341 g/mol. The molecule has 0 spiro atoms. The summed E-state index contributed by atoms with van der Waals surface area (Å²) in [5, 5.41) is 9.33. The summed E-state index contributed by atoms with van der Waals surface area (Å²) in [4.78, 5) is 12.4. The Hall–Kier alpha value is -1.60. The van der Waals surface area contributed by atoms with E-state index in [0.29, 0.717) is 18.4 Å². The van der Waals surface area contributed by atoms with Crippen molar-refractivity contribution >= 4 is 16.0 Å². The maximum absolute atomic E-state index is 12.4. The van der Waals surface area contributed by atoms with Gasteiger partial charge in [0.05, 0.1) is 5.75 Å². The Labute approximate surface area is 137 Å². The van der Waals surface area contributed by atoms with Crippen LogP contribution < -0.4 is 0 Å². The van der Waals surface area contributed by atoms with Gasteiger partial charge in [0.15, 0.2) is 0 Å². The van der Waals surface area contributed by atoms with Gasteiger partial charge in [-0.15, -0.1) is 0 Å². The maximum Gasteiger partial charge on any atom is 0.324 e. The lowest BCUT2D eigenvalue weighted by Crippen LogP contribution is -2.50. The van der Waals surface area contributed by atoms with Crippen molar-refractivity contribution in [2.45, 2.75) is 51.8 Å². The molecular formula is C16H23NO5S. The van der Waals surface area contributed by atoms with Gasteiger partial charge >= 0.3 is 5.97 Å². The number of rotatable bonds is 3. The number of hydrogen-bond donors (Lipinski definition) is 1. The summed E-state index contributed by atoms with van der Waals surface area (Å²) >= 11 is 0. The molecule has 0 amide bonds. The van der Waals surface area contributed by atoms with Crippen LogP contribution in [0.1, 0.15) is 39.2 Å². The lowest BCUT2D eigenvalue weighted by Gasteiger charge is -2.35. The molecule has 0 aromatic heterocycles. The number of aromatic hydroxyl groups is 1. The minimum atomic E-state index is -3.51. The van der Waals surface area contributed by atoms with E-state index in [-0.39, 0.29) is 18.0 Å². The molecule has 0 radical (unpaired) electrons. The van der Waals surface area contributed by atoms with E-state index < -0.39 is 27.6 Å². The van der Waals surface area contributed by atoms with Gasteiger partial charge in [-0.25, -0.2) is 8.42 Å². The fourth-order valence-corrected chi connectivity index (χ4v) is 4.20. The van der Waals surface area contributed by atoms with E-state index in [1.807, 2.05) is 0 Å². The molecule has 23 heavy (non-hydrogen) atoms. The molecule has 7 heteroatoms. The number of sulfonamides is 1. The molecule has 0 saturated carbocycles. The van der Waals surface area contributed by atoms with E-state index >= 15 is 0 Å². The van der Waals surface area contributed by atoms with Gasteiger partial charge in [0.1, 0.15) is 17.4 Å². The van der Waals surface area contributed by atoms with E-state index in [4.69, 9.17) is 4.74 Å². The fraction of sp³-hybridized carbons (Fsp3) is 0.562. The van der Waals surface area contributed by atoms with E-state index in [2.05, 4.69) is 0 Å². The Bertz CT molecular complexity index is 661. The average Bonchev–Trinajstić information content (AvgIpc) is 2.41. The Morgan fingerprint density at radius 2 is 1.91 bits per heavy atom. The summed E-state index contributed by atoms with van der Waals surface area (Å²) in [6.45, 7) is 5.36. The lowest BCUT2D eigenvalue weighted by molar-refractivity contribution is -0.160. The van der Waals surface area contributed by atoms with Crippen LogP contribution in [0.3, 0.4) is 0 Å². The topological polar surface area (TPSA) is 83.9 Å². The molecule has 128 valence electrons. The first-order chi connectivity index (χ1) is 10.6. The summed E-state index contributed by atoms with van der Waals surface area (Å²) in [5.41, 5.74) is 0.0458. The molecular weight excluding hydrogens is 318 g/mol. The number of carbonyl (C=O) groups excluding carboxylic acids is 1. The molecule has 1 saturated heterocycles. The van der Waals surface area contributed by atoms with Gasteiger partial charge in [0, 0.05) is 6.54 Å². The van der Waals surface area contributed by atoms with Crippen LogP contribution in [0, 0.1) is 0 Å². The van der Waals surface area contributed by atoms with Crippen LogP contribution in [0.15, 0.2) is 24.3 Å². The zero-order valence-corrected chi connectivity index (χ0v) is 14.5. The Kier molecular flexibility index (Phi) is 5.01. The largest absolute Gasteiger partial charge is 0.508 e. The second kappa shape index (κ2) is 6.49.